The van der Waals surface area contributed by atoms with Crippen LogP contribution in [0.1, 0.15) is 6.42 Å². The zero-order valence-corrected chi connectivity index (χ0v) is 13.0. The van der Waals surface area contributed by atoms with Gasteiger partial charge in [0.2, 0.25) is 5.91 Å². The van der Waals surface area contributed by atoms with E-state index < -0.39 is 0 Å². The van der Waals surface area contributed by atoms with Crippen LogP contribution in [0.2, 0.25) is 5.02 Å². The molecule has 0 radical (unpaired) electrons. The van der Waals surface area contributed by atoms with Crippen molar-refractivity contribution in [1.29, 1.82) is 0 Å². The van der Waals surface area contributed by atoms with Crippen molar-refractivity contribution < 1.29 is 9.59 Å². The summed E-state index contributed by atoms with van der Waals surface area (Å²) in [6, 6.07) is 4.71. The molecule has 0 bridgehead atoms. The maximum Gasteiger partial charge on any atom is 0.319 e. The van der Waals surface area contributed by atoms with Gasteiger partial charge in [-0.15, -0.1) is 0 Å². The molecule has 0 heterocycles. The summed E-state index contributed by atoms with van der Waals surface area (Å²) in [4.78, 5) is 24.3. The number of hydrogen-bond donors (Lipinski definition) is 2. The van der Waals surface area contributed by atoms with E-state index in [1.165, 1.54) is 4.90 Å². The first-order valence-corrected chi connectivity index (χ1v) is 6.77. The molecule has 104 valence electrons. The van der Waals surface area contributed by atoms with Gasteiger partial charge in [0.15, 0.2) is 0 Å². The summed E-state index contributed by atoms with van der Waals surface area (Å²) in [7, 11) is 3.35. The molecule has 0 aliphatic heterocycles. The Morgan fingerprint density at radius 3 is 2.63 bits per heavy atom. The van der Waals surface area contributed by atoms with Gasteiger partial charge in [-0.1, -0.05) is 11.6 Å². The van der Waals surface area contributed by atoms with Crippen LogP contribution in [-0.2, 0) is 4.79 Å². The van der Waals surface area contributed by atoms with E-state index in [0.29, 0.717) is 15.2 Å². The van der Waals surface area contributed by atoms with Crippen LogP contribution < -0.4 is 10.6 Å². The number of anilines is 1. The minimum absolute atomic E-state index is 0.0328. The summed E-state index contributed by atoms with van der Waals surface area (Å²) >= 11 is 9.12. The van der Waals surface area contributed by atoms with Crippen LogP contribution >= 0.6 is 27.5 Å². The number of rotatable bonds is 4. The molecule has 0 spiro atoms. The van der Waals surface area contributed by atoms with Gasteiger partial charge in [-0.05, 0) is 34.1 Å². The second-order valence-electron chi connectivity index (χ2n) is 4.05. The zero-order chi connectivity index (χ0) is 14.4. The monoisotopic (exact) mass is 347 g/mol. The van der Waals surface area contributed by atoms with Gasteiger partial charge in [0, 0.05) is 37.2 Å². The lowest BCUT2D eigenvalue weighted by Crippen LogP contribution is -2.33. The fourth-order valence-electron chi connectivity index (χ4n) is 1.26. The molecule has 1 aromatic rings. The Morgan fingerprint density at radius 2 is 2.05 bits per heavy atom. The van der Waals surface area contributed by atoms with Crippen LogP contribution in [0.4, 0.5) is 10.5 Å². The standard InChI is InChI=1S/C12H15BrClN3O2/c1-17(2)11(18)5-6-15-12(19)16-8-3-4-10(14)9(13)7-8/h3-4,7H,5-6H2,1-2H3,(H2,15,16,19). The normalized spacial score (nSPS) is 9.89. The third-order valence-corrected chi connectivity index (χ3v) is 3.51. The number of amides is 3. The average molecular weight is 349 g/mol. The number of nitrogens with one attached hydrogen (secondary N) is 2. The van der Waals surface area contributed by atoms with Gasteiger partial charge in [-0.3, -0.25) is 4.79 Å². The Morgan fingerprint density at radius 1 is 1.37 bits per heavy atom. The van der Waals surface area contributed by atoms with Gasteiger partial charge in [0.05, 0.1) is 5.02 Å². The highest BCUT2D eigenvalue weighted by atomic mass is 79.9. The van der Waals surface area contributed by atoms with Crippen molar-refractivity contribution in [3.05, 3.63) is 27.7 Å². The van der Waals surface area contributed by atoms with E-state index in [0.717, 1.165) is 0 Å². The zero-order valence-electron chi connectivity index (χ0n) is 10.7. The predicted octanol–water partition coefficient (Wildman–Crippen LogP) is 2.70. The number of nitrogens with zero attached hydrogens (tertiary/aromatic N) is 1. The molecule has 19 heavy (non-hydrogen) atoms. The molecule has 2 N–H and O–H groups in total. The maximum atomic E-state index is 11.6. The molecule has 5 nitrogen and oxygen atoms in total. The van der Waals surface area contributed by atoms with Gasteiger partial charge in [-0.2, -0.15) is 0 Å². The number of halogens is 2. The van der Waals surface area contributed by atoms with Crippen molar-refractivity contribution in [1.82, 2.24) is 10.2 Å². The Balaban J connectivity index is 2.39. The molecule has 0 aromatic heterocycles. The molecular weight excluding hydrogens is 334 g/mol. The van der Waals surface area contributed by atoms with E-state index in [1.807, 2.05) is 0 Å². The SMILES string of the molecule is CN(C)C(=O)CCNC(=O)Nc1ccc(Cl)c(Br)c1. The fraction of sp³-hybridized carbons (Fsp3) is 0.333. The Kier molecular flexibility index (Phi) is 6.11. The number of urea groups is 1. The highest BCUT2D eigenvalue weighted by molar-refractivity contribution is 9.10. The largest absolute Gasteiger partial charge is 0.349 e. The van der Waals surface area contributed by atoms with E-state index in [9.17, 15) is 9.59 Å². The van der Waals surface area contributed by atoms with Gasteiger partial charge in [-0.25, -0.2) is 4.79 Å². The van der Waals surface area contributed by atoms with E-state index in [1.54, 1.807) is 32.3 Å². The molecule has 1 rings (SSSR count). The lowest BCUT2D eigenvalue weighted by molar-refractivity contribution is -0.128. The maximum absolute atomic E-state index is 11.6. The second-order valence-corrected chi connectivity index (χ2v) is 5.31. The Labute approximate surface area is 125 Å². The van der Waals surface area contributed by atoms with Crippen LogP contribution in [0, 0.1) is 0 Å². The van der Waals surface area contributed by atoms with Crippen LogP contribution in [-0.4, -0.2) is 37.5 Å². The molecule has 0 aliphatic rings. The third kappa shape index (κ3) is 5.48. The quantitative estimate of drug-likeness (QED) is 0.879. The van der Waals surface area contributed by atoms with Crippen LogP contribution in [0.25, 0.3) is 0 Å². The predicted molar refractivity (Wildman–Crippen MR) is 79.5 cm³/mol. The van der Waals surface area contributed by atoms with Crippen molar-refractivity contribution in [2.75, 3.05) is 26.0 Å². The lowest BCUT2D eigenvalue weighted by atomic mass is 10.3. The minimum atomic E-state index is -0.360. The summed E-state index contributed by atoms with van der Waals surface area (Å²) in [6.45, 7) is 0.289. The highest BCUT2D eigenvalue weighted by Gasteiger charge is 2.06. The molecular formula is C12H15BrClN3O2. The van der Waals surface area contributed by atoms with Crippen molar-refractivity contribution in [3.8, 4) is 0 Å². The molecule has 3 amide bonds. The van der Waals surface area contributed by atoms with Crippen LogP contribution in [0.15, 0.2) is 22.7 Å². The highest BCUT2D eigenvalue weighted by Crippen LogP contribution is 2.25. The Bertz CT molecular complexity index is 480. The molecule has 0 atom stereocenters. The van der Waals surface area contributed by atoms with Crippen LogP contribution in [0.5, 0.6) is 0 Å². The lowest BCUT2D eigenvalue weighted by Gasteiger charge is -2.11. The second kappa shape index (κ2) is 7.35. The van der Waals surface area contributed by atoms with E-state index in [4.69, 9.17) is 11.6 Å². The van der Waals surface area contributed by atoms with Gasteiger partial charge >= 0.3 is 6.03 Å². The minimum Gasteiger partial charge on any atom is -0.349 e. The van der Waals surface area contributed by atoms with Gasteiger partial charge < -0.3 is 15.5 Å². The van der Waals surface area contributed by atoms with Crippen molar-refractivity contribution in [2.45, 2.75) is 6.42 Å². The first-order chi connectivity index (χ1) is 8.90. The fourth-order valence-corrected chi connectivity index (χ4v) is 1.75. The van der Waals surface area contributed by atoms with Crippen molar-refractivity contribution in [2.24, 2.45) is 0 Å². The molecule has 0 saturated carbocycles. The van der Waals surface area contributed by atoms with Gasteiger partial charge in [0.1, 0.15) is 0 Å². The summed E-state index contributed by atoms with van der Waals surface area (Å²) < 4.78 is 0.703. The number of carbonyl (C=O) groups is 2. The molecule has 0 unspecified atom stereocenters. The topological polar surface area (TPSA) is 61.4 Å². The molecule has 0 saturated heterocycles. The molecule has 7 heteroatoms. The number of hydrogen-bond acceptors (Lipinski definition) is 2. The van der Waals surface area contributed by atoms with Crippen molar-refractivity contribution >= 4 is 45.2 Å². The summed E-state index contributed by atoms with van der Waals surface area (Å²) in [5, 5.41) is 5.83. The number of carbonyl (C=O) groups excluding carboxylic acids is 2. The Hall–Kier alpha value is -1.27. The smallest absolute Gasteiger partial charge is 0.319 e. The molecule has 0 fully saturated rings. The third-order valence-electron chi connectivity index (χ3n) is 2.30. The molecule has 0 aliphatic carbocycles. The average Bonchev–Trinajstić information content (AvgIpc) is 2.33. The van der Waals surface area contributed by atoms with Crippen LogP contribution in [0.3, 0.4) is 0 Å². The number of benzene rings is 1. The summed E-state index contributed by atoms with van der Waals surface area (Å²) in [6.07, 6.45) is 0.269. The summed E-state index contributed by atoms with van der Waals surface area (Å²) in [5.41, 5.74) is 0.618. The molecule has 1 aromatic carbocycles. The van der Waals surface area contributed by atoms with E-state index >= 15 is 0 Å². The van der Waals surface area contributed by atoms with Crippen molar-refractivity contribution in [3.63, 3.8) is 0 Å². The van der Waals surface area contributed by atoms with Gasteiger partial charge in [0.25, 0.3) is 0 Å². The first-order valence-electron chi connectivity index (χ1n) is 5.60. The first kappa shape index (κ1) is 15.8. The van der Waals surface area contributed by atoms with E-state index in [2.05, 4.69) is 26.6 Å². The van der Waals surface area contributed by atoms with E-state index in [-0.39, 0.29) is 24.9 Å². The summed E-state index contributed by atoms with van der Waals surface area (Å²) in [5.74, 6) is -0.0328.